The number of anilines is 1. The fraction of sp³-hybridized carbons (Fsp3) is 0.455. The molecule has 0 radical (unpaired) electrons. The fourth-order valence-corrected chi connectivity index (χ4v) is 2.16. The van der Waals surface area contributed by atoms with Gasteiger partial charge in [-0.25, -0.2) is 4.98 Å². The lowest BCUT2D eigenvalue weighted by atomic mass is 10.2. The van der Waals surface area contributed by atoms with Crippen molar-refractivity contribution < 1.29 is 4.79 Å². The zero-order valence-corrected chi connectivity index (χ0v) is 11.4. The van der Waals surface area contributed by atoms with Crippen LogP contribution in [0.2, 0.25) is 0 Å². The summed E-state index contributed by atoms with van der Waals surface area (Å²) in [7, 11) is 0. The van der Waals surface area contributed by atoms with Gasteiger partial charge in [-0.3, -0.25) is 10.1 Å². The highest BCUT2D eigenvalue weighted by Gasteiger charge is 2.11. The number of hydrogen-bond donors (Lipinski definition) is 1. The fourth-order valence-electron chi connectivity index (χ4n) is 1.40. The van der Waals surface area contributed by atoms with Crippen LogP contribution in [0.15, 0.2) is 12.4 Å². The molecule has 1 amide bonds. The predicted octanol–water partition coefficient (Wildman–Crippen LogP) is 1.81. The average Bonchev–Trinajstić information content (AvgIpc) is 2.89. The molecule has 0 atom stereocenters. The van der Waals surface area contributed by atoms with Crippen molar-refractivity contribution in [1.82, 2.24) is 19.7 Å². The molecule has 96 valence electrons. The molecule has 6 nitrogen and oxygen atoms in total. The molecular weight excluding hydrogens is 250 g/mol. The van der Waals surface area contributed by atoms with Gasteiger partial charge in [0.25, 0.3) is 0 Å². The van der Waals surface area contributed by atoms with Crippen LogP contribution in [0.25, 0.3) is 0 Å². The van der Waals surface area contributed by atoms with Crippen LogP contribution >= 0.6 is 11.3 Å². The summed E-state index contributed by atoms with van der Waals surface area (Å²) >= 11 is 1.41. The molecule has 0 saturated heterocycles. The number of hydrogen-bond acceptors (Lipinski definition) is 5. The molecule has 0 aliphatic heterocycles. The van der Waals surface area contributed by atoms with E-state index in [2.05, 4.69) is 20.5 Å². The third-order valence-electron chi connectivity index (χ3n) is 2.42. The van der Waals surface area contributed by atoms with E-state index in [1.54, 1.807) is 17.0 Å². The smallest absolute Gasteiger partial charge is 0.246 e. The van der Waals surface area contributed by atoms with Crippen molar-refractivity contribution >= 4 is 22.4 Å². The Labute approximate surface area is 109 Å². The Balaban J connectivity index is 1.97. The highest BCUT2D eigenvalue weighted by molar-refractivity contribution is 7.15. The molecule has 7 heteroatoms. The Morgan fingerprint density at radius 2 is 2.28 bits per heavy atom. The molecule has 0 unspecified atom stereocenters. The van der Waals surface area contributed by atoms with Crippen molar-refractivity contribution in [1.29, 1.82) is 0 Å². The second-order valence-corrected chi connectivity index (χ2v) is 5.26. The number of nitrogens with zero attached hydrogens (tertiary/aromatic N) is 4. The zero-order chi connectivity index (χ0) is 13.1. The van der Waals surface area contributed by atoms with Crippen molar-refractivity contribution in [3.63, 3.8) is 0 Å². The molecule has 2 heterocycles. The topological polar surface area (TPSA) is 72.7 Å². The van der Waals surface area contributed by atoms with Gasteiger partial charge in [0, 0.05) is 18.3 Å². The predicted molar refractivity (Wildman–Crippen MR) is 69.6 cm³/mol. The maximum absolute atomic E-state index is 11.8. The van der Waals surface area contributed by atoms with Crippen LogP contribution in [0, 0.1) is 6.92 Å². The number of rotatable bonds is 4. The largest absolute Gasteiger partial charge is 0.326 e. The summed E-state index contributed by atoms with van der Waals surface area (Å²) in [6.45, 7) is 6.18. The van der Waals surface area contributed by atoms with Gasteiger partial charge in [0.05, 0.1) is 0 Å². The summed E-state index contributed by atoms with van der Waals surface area (Å²) in [4.78, 5) is 15.9. The number of nitrogens with one attached hydrogen (secondary N) is 1. The highest BCUT2D eigenvalue weighted by Crippen LogP contribution is 2.22. The van der Waals surface area contributed by atoms with Gasteiger partial charge >= 0.3 is 0 Å². The number of amides is 1. The van der Waals surface area contributed by atoms with Crippen LogP contribution in [-0.4, -0.2) is 25.7 Å². The van der Waals surface area contributed by atoms with Crippen LogP contribution in [0.1, 0.15) is 30.6 Å². The van der Waals surface area contributed by atoms with Gasteiger partial charge in [-0.15, -0.1) is 10.2 Å². The van der Waals surface area contributed by atoms with Crippen molar-refractivity contribution in [2.45, 2.75) is 33.2 Å². The molecule has 0 aliphatic carbocycles. The SMILES string of the molecule is Cc1nccn1CC(=O)Nc1nnc(C(C)C)s1. The van der Waals surface area contributed by atoms with E-state index in [9.17, 15) is 4.79 Å². The van der Waals surface area contributed by atoms with E-state index >= 15 is 0 Å². The first-order valence-electron chi connectivity index (χ1n) is 5.67. The maximum Gasteiger partial charge on any atom is 0.246 e. The van der Waals surface area contributed by atoms with Crippen LogP contribution < -0.4 is 5.32 Å². The average molecular weight is 265 g/mol. The minimum atomic E-state index is -0.123. The minimum absolute atomic E-state index is 0.123. The number of imidazole rings is 1. The highest BCUT2D eigenvalue weighted by atomic mass is 32.1. The van der Waals surface area contributed by atoms with E-state index in [-0.39, 0.29) is 12.5 Å². The summed E-state index contributed by atoms with van der Waals surface area (Å²) < 4.78 is 1.78. The molecule has 0 fully saturated rings. The minimum Gasteiger partial charge on any atom is -0.326 e. The first-order valence-corrected chi connectivity index (χ1v) is 6.49. The van der Waals surface area contributed by atoms with Crippen molar-refractivity contribution in [3.8, 4) is 0 Å². The van der Waals surface area contributed by atoms with Gasteiger partial charge in [0.1, 0.15) is 17.4 Å². The molecule has 0 spiro atoms. The summed E-state index contributed by atoms with van der Waals surface area (Å²) in [6, 6.07) is 0. The summed E-state index contributed by atoms with van der Waals surface area (Å²) in [5, 5.41) is 12.2. The Morgan fingerprint density at radius 3 is 2.83 bits per heavy atom. The first kappa shape index (κ1) is 12.7. The number of carbonyl (C=O) groups excluding carboxylic acids is 1. The number of aryl methyl sites for hydroxylation is 1. The number of aromatic nitrogens is 4. The lowest BCUT2D eigenvalue weighted by Crippen LogP contribution is -2.18. The maximum atomic E-state index is 11.8. The normalized spacial score (nSPS) is 10.9. The van der Waals surface area contributed by atoms with Crippen LogP contribution in [0.4, 0.5) is 5.13 Å². The Morgan fingerprint density at radius 1 is 1.50 bits per heavy atom. The van der Waals surface area contributed by atoms with Gasteiger partial charge in [-0.2, -0.15) is 0 Å². The van der Waals surface area contributed by atoms with Gasteiger partial charge in [-0.05, 0) is 6.92 Å². The summed E-state index contributed by atoms with van der Waals surface area (Å²) in [5.41, 5.74) is 0. The quantitative estimate of drug-likeness (QED) is 0.915. The third kappa shape index (κ3) is 2.92. The monoisotopic (exact) mass is 265 g/mol. The molecule has 0 bridgehead atoms. The molecule has 0 aromatic carbocycles. The van der Waals surface area contributed by atoms with Crippen molar-refractivity contribution in [2.75, 3.05) is 5.32 Å². The van der Waals surface area contributed by atoms with E-state index in [1.165, 1.54) is 11.3 Å². The van der Waals surface area contributed by atoms with E-state index in [0.717, 1.165) is 10.8 Å². The van der Waals surface area contributed by atoms with E-state index in [0.29, 0.717) is 11.0 Å². The lowest BCUT2D eigenvalue weighted by Gasteiger charge is -2.03. The Bertz CT molecular complexity index is 545. The summed E-state index contributed by atoms with van der Waals surface area (Å²) in [6.07, 6.45) is 3.44. The van der Waals surface area contributed by atoms with Crippen molar-refractivity contribution in [3.05, 3.63) is 23.2 Å². The second kappa shape index (κ2) is 5.26. The molecule has 2 rings (SSSR count). The molecule has 0 saturated carbocycles. The molecule has 2 aromatic heterocycles. The first-order chi connectivity index (χ1) is 8.56. The number of carbonyl (C=O) groups is 1. The van der Waals surface area contributed by atoms with Gasteiger partial charge in [-0.1, -0.05) is 25.2 Å². The van der Waals surface area contributed by atoms with Gasteiger partial charge in [0.15, 0.2) is 0 Å². The standard InChI is InChI=1S/C11H15N5OS/c1-7(2)10-14-15-11(18-10)13-9(17)6-16-5-4-12-8(16)3/h4-5,7H,6H2,1-3H3,(H,13,15,17). The molecule has 18 heavy (non-hydrogen) atoms. The van der Waals surface area contributed by atoms with E-state index in [4.69, 9.17) is 0 Å². The van der Waals surface area contributed by atoms with Crippen LogP contribution in [-0.2, 0) is 11.3 Å². The van der Waals surface area contributed by atoms with E-state index < -0.39 is 0 Å². The van der Waals surface area contributed by atoms with Crippen LogP contribution in [0.5, 0.6) is 0 Å². The van der Waals surface area contributed by atoms with Gasteiger partial charge < -0.3 is 4.57 Å². The molecular formula is C11H15N5OS. The third-order valence-corrected chi connectivity index (χ3v) is 3.56. The summed E-state index contributed by atoms with van der Waals surface area (Å²) in [5.74, 6) is 1.01. The molecule has 2 aromatic rings. The van der Waals surface area contributed by atoms with Gasteiger partial charge in [0.2, 0.25) is 11.0 Å². The Hall–Kier alpha value is -1.76. The zero-order valence-electron chi connectivity index (χ0n) is 10.5. The Kier molecular flexibility index (Phi) is 3.71. The second-order valence-electron chi connectivity index (χ2n) is 4.25. The lowest BCUT2D eigenvalue weighted by molar-refractivity contribution is -0.116. The van der Waals surface area contributed by atoms with E-state index in [1.807, 2.05) is 20.8 Å². The molecule has 1 N–H and O–H groups in total. The molecule has 0 aliphatic rings. The van der Waals surface area contributed by atoms with Crippen LogP contribution in [0.3, 0.4) is 0 Å². The van der Waals surface area contributed by atoms with Crippen molar-refractivity contribution in [2.24, 2.45) is 0 Å².